The van der Waals surface area contributed by atoms with Crippen LogP contribution >= 0.6 is 0 Å². The zero-order valence-electron chi connectivity index (χ0n) is 23.0. The molecule has 1 saturated carbocycles. The van der Waals surface area contributed by atoms with E-state index in [4.69, 9.17) is 9.47 Å². The lowest BCUT2D eigenvalue weighted by Gasteiger charge is -2.31. The van der Waals surface area contributed by atoms with E-state index in [0.29, 0.717) is 29.6 Å². The van der Waals surface area contributed by atoms with Gasteiger partial charge in [-0.15, -0.1) is 0 Å². The Kier molecular flexibility index (Phi) is 7.89. The van der Waals surface area contributed by atoms with E-state index in [1.807, 2.05) is 31.1 Å². The SMILES string of the molecule is COc1ccc(C(=O)N(C[C@@H]2CCCN2CC2CC2)c2cccc(-c3ccc(N(C)C)cc3)c2)cc1OC. The Balaban J connectivity index is 1.48. The van der Waals surface area contributed by atoms with Crippen LogP contribution in [-0.2, 0) is 0 Å². The van der Waals surface area contributed by atoms with Crippen molar-refractivity contribution < 1.29 is 14.3 Å². The second-order valence-corrected chi connectivity index (χ2v) is 10.7. The van der Waals surface area contributed by atoms with E-state index in [1.165, 1.54) is 19.3 Å². The summed E-state index contributed by atoms with van der Waals surface area (Å²) < 4.78 is 10.9. The minimum absolute atomic E-state index is 0.0238. The Morgan fingerprint density at radius 1 is 0.868 bits per heavy atom. The predicted molar refractivity (Wildman–Crippen MR) is 155 cm³/mol. The second kappa shape index (κ2) is 11.5. The number of rotatable bonds is 10. The highest BCUT2D eigenvalue weighted by Gasteiger charge is 2.33. The highest BCUT2D eigenvalue weighted by Crippen LogP contribution is 2.34. The molecule has 0 spiro atoms. The van der Waals surface area contributed by atoms with E-state index < -0.39 is 0 Å². The van der Waals surface area contributed by atoms with Crippen molar-refractivity contribution in [2.24, 2.45) is 5.92 Å². The molecule has 2 fully saturated rings. The maximum absolute atomic E-state index is 14.1. The highest BCUT2D eigenvalue weighted by atomic mass is 16.5. The first-order valence-electron chi connectivity index (χ1n) is 13.6. The van der Waals surface area contributed by atoms with Crippen LogP contribution in [0.25, 0.3) is 11.1 Å². The molecule has 1 amide bonds. The van der Waals surface area contributed by atoms with Gasteiger partial charge in [-0.05, 0) is 91.7 Å². The average Bonchev–Trinajstić information content (AvgIpc) is 3.67. The maximum atomic E-state index is 14.1. The molecule has 3 aromatic carbocycles. The minimum atomic E-state index is -0.0238. The lowest BCUT2D eigenvalue weighted by molar-refractivity contribution is 0.0977. The molecule has 3 aromatic rings. The van der Waals surface area contributed by atoms with E-state index in [9.17, 15) is 4.79 Å². The number of ether oxygens (including phenoxy) is 2. The standard InChI is InChI=1S/C32H39N3O3/c1-33(2)27-15-12-24(13-16-27)25-7-5-8-28(19-25)35(22-29-9-6-18-34(29)21-23-10-11-23)32(36)26-14-17-30(37-3)31(20-26)38-4/h5,7-8,12-17,19-20,23,29H,6,9-11,18,21-22H2,1-4H3/t29-/m0/s1. The van der Waals surface area contributed by atoms with Crippen LogP contribution < -0.4 is 19.3 Å². The van der Waals surface area contributed by atoms with Gasteiger partial charge in [0, 0.05) is 50.2 Å². The molecule has 5 rings (SSSR count). The number of nitrogens with zero attached hydrogens (tertiary/aromatic N) is 3. The molecule has 1 aliphatic heterocycles. The topological polar surface area (TPSA) is 45.2 Å². The molecule has 0 aromatic heterocycles. The lowest BCUT2D eigenvalue weighted by Crippen LogP contribution is -2.44. The van der Waals surface area contributed by atoms with Crippen LogP contribution in [0.1, 0.15) is 36.0 Å². The third-order valence-electron chi connectivity index (χ3n) is 7.83. The fourth-order valence-electron chi connectivity index (χ4n) is 5.42. The zero-order valence-corrected chi connectivity index (χ0v) is 23.0. The normalized spacial score (nSPS) is 17.3. The van der Waals surface area contributed by atoms with E-state index in [1.54, 1.807) is 20.3 Å². The van der Waals surface area contributed by atoms with E-state index >= 15 is 0 Å². The third kappa shape index (κ3) is 5.81. The van der Waals surface area contributed by atoms with Gasteiger partial charge < -0.3 is 19.3 Å². The number of amides is 1. The van der Waals surface area contributed by atoms with Crippen LogP contribution in [0.4, 0.5) is 11.4 Å². The summed E-state index contributed by atoms with van der Waals surface area (Å²) in [7, 11) is 7.30. The first-order chi connectivity index (χ1) is 18.5. The molecule has 1 saturated heterocycles. The molecule has 1 aliphatic carbocycles. The first kappa shape index (κ1) is 26.1. The van der Waals surface area contributed by atoms with Gasteiger partial charge in [0.25, 0.3) is 5.91 Å². The van der Waals surface area contributed by atoms with Crippen molar-refractivity contribution in [3.8, 4) is 22.6 Å². The number of likely N-dealkylation sites (tertiary alicyclic amines) is 1. The predicted octanol–water partition coefficient (Wildman–Crippen LogP) is 5.96. The third-order valence-corrected chi connectivity index (χ3v) is 7.83. The van der Waals surface area contributed by atoms with E-state index in [2.05, 4.69) is 58.3 Å². The molecular formula is C32H39N3O3. The van der Waals surface area contributed by atoms with Gasteiger partial charge in [0.1, 0.15) is 0 Å². The summed E-state index contributed by atoms with van der Waals surface area (Å²) in [5.74, 6) is 1.98. The van der Waals surface area contributed by atoms with Crippen molar-refractivity contribution in [3.05, 3.63) is 72.3 Å². The fraction of sp³-hybridized carbons (Fsp3) is 0.406. The molecule has 0 unspecified atom stereocenters. The molecule has 0 bridgehead atoms. The molecule has 0 radical (unpaired) electrons. The zero-order chi connectivity index (χ0) is 26.6. The Hall–Kier alpha value is -3.51. The van der Waals surface area contributed by atoms with Crippen molar-refractivity contribution in [2.45, 2.75) is 31.7 Å². The summed E-state index contributed by atoms with van der Waals surface area (Å²) >= 11 is 0. The number of benzene rings is 3. The highest BCUT2D eigenvalue weighted by molar-refractivity contribution is 6.06. The molecule has 200 valence electrons. The fourth-order valence-corrected chi connectivity index (χ4v) is 5.42. The Morgan fingerprint density at radius 2 is 1.63 bits per heavy atom. The molecule has 1 atom stereocenters. The molecule has 0 N–H and O–H groups in total. The summed E-state index contributed by atoms with van der Waals surface area (Å²) in [4.78, 5) is 20.8. The number of anilines is 2. The summed E-state index contributed by atoms with van der Waals surface area (Å²) in [6.07, 6.45) is 4.99. The first-order valence-corrected chi connectivity index (χ1v) is 13.6. The number of carbonyl (C=O) groups excluding carboxylic acids is 1. The molecule has 2 aliphatic rings. The van der Waals surface area contributed by atoms with Crippen LogP contribution in [0.5, 0.6) is 11.5 Å². The van der Waals surface area contributed by atoms with Crippen molar-refractivity contribution in [2.75, 3.05) is 57.7 Å². The Morgan fingerprint density at radius 3 is 2.32 bits per heavy atom. The average molecular weight is 514 g/mol. The monoisotopic (exact) mass is 513 g/mol. The minimum Gasteiger partial charge on any atom is -0.493 e. The Bertz CT molecular complexity index is 1250. The largest absolute Gasteiger partial charge is 0.493 e. The summed E-state index contributed by atoms with van der Waals surface area (Å²) in [5, 5.41) is 0. The maximum Gasteiger partial charge on any atom is 0.258 e. The summed E-state index contributed by atoms with van der Waals surface area (Å²) in [6.45, 7) is 2.95. The van der Waals surface area contributed by atoms with Gasteiger partial charge in [0.15, 0.2) is 11.5 Å². The van der Waals surface area contributed by atoms with E-state index in [-0.39, 0.29) is 5.91 Å². The molecule has 38 heavy (non-hydrogen) atoms. The molecule has 1 heterocycles. The van der Waals surface area contributed by atoms with Crippen molar-refractivity contribution in [3.63, 3.8) is 0 Å². The van der Waals surface area contributed by atoms with Crippen LogP contribution in [0.2, 0.25) is 0 Å². The molecular weight excluding hydrogens is 474 g/mol. The number of hydrogen-bond acceptors (Lipinski definition) is 5. The van der Waals surface area contributed by atoms with Crippen LogP contribution in [0, 0.1) is 5.92 Å². The van der Waals surface area contributed by atoms with Crippen molar-refractivity contribution >= 4 is 17.3 Å². The number of carbonyl (C=O) groups is 1. The van der Waals surface area contributed by atoms with Gasteiger partial charge in [-0.2, -0.15) is 0 Å². The quantitative estimate of drug-likeness (QED) is 0.335. The molecule has 6 heteroatoms. The van der Waals surface area contributed by atoms with Gasteiger partial charge >= 0.3 is 0 Å². The second-order valence-electron chi connectivity index (χ2n) is 10.7. The van der Waals surface area contributed by atoms with E-state index in [0.717, 1.165) is 47.9 Å². The van der Waals surface area contributed by atoms with Crippen molar-refractivity contribution in [1.29, 1.82) is 0 Å². The van der Waals surface area contributed by atoms with Gasteiger partial charge in [0.2, 0.25) is 0 Å². The molecule has 6 nitrogen and oxygen atoms in total. The van der Waals surface area contributed by atoms with Crippen LogP contribution in [0.15, 0.2) is 66.7 Å². The smallest absolute Gasteiger partial charge is 0.258 e. The van der Waals surface area contributed by atoms with Crippen LogP contribution in [0.3, 0.4) is 0 Å². The number of methoxy groups -OCH3 is 2. The Labute approximate surface area is 226 Å². The van der Waals surface area contributed by atoms with Gasteiger partial charge in [0.05, 0.1) is 14.2 Å². The van der Waals surface area contributed by atoms with Gasteiger partial charge in [-0.1, -0.05) is 24.3 Å². The van der Waals surface area contributed by atoms with Gasteiger partial charge in [-0.3, -0.25) is 9.69 Å². The summed E-state index contributed by atoms with van der Waals surface area (Å²) in [6, 6.07) is 22.7. The number of hydrogen-bond donors (Lipinski definition) is 0. The lowest BCUT2D eigenvalue weighted by atomic mass is 10.0. The van der Waals surface area contributed by atoms with Crippen LogP contribution in [-0.4, -0.2) is 64.8 Å². The van der Waals surface area contributed by atoms with Crippen molar-refractivity contribution in [1.82, 2.24) is 4.90 Å². The van der Waals surface area contributed by atoms with Gasteiger partial charge in [-0.25, -0.2) is 0 Å². The summed E-state index contributed by atoms with van der Waals surface area (Å²) in [5.41, 5.74) is 4.89.